The van der Waals surface area contributed by atoms with Crippen LogP contribution in [0.4, 0.5) is 8.78 Å². The molecule has 0 unspecified atom stereocenters. The van der Waals surface area contributed by atoms with Crippen LogP contribution in [0.2, 0.25) is 0 Å². The number of hydrogen-bond acceptors (Lipinski definition) is 1. The highest BCUT2D eigenvalue weighted by Crippen LogP contribution is 2.37. The van der Waals surface area contributed by atoms with Gasteiger partial charge >= 0.3 is 0 Å². The number of halogens is 2. The van der Waals surface area contributed by atoms with Gasteiger partial charge in [0.05, 0.1) is 6.61 Å². The Labute approximate surface area is 138 Å². The number of ether oxygens (including phenoxy) is 1. The van der Waals surface area contributed by atoms with Crippen LogP contribution in [0.15, 0.2) is 36.4 Å². The lowest BCUT2D eigenvalue weighted by Crippen LogP contribution is -2.11. The van der Waals surface area contributed by atoms with Crippen LogP contribution in [-0.2, 0) is 0 Å². The van der Waals surface area contributed by atoms with Crippen molar-refractivity contribution >= 4 is 0 Å². The summed E-state index contributed by atoms with van der Waals surface area (Å²) in [5.74, 6) is 1.49. The van der Waals surface area contributed by atoms with Gasteiger partial charge in [-0.3, -0.25) is 0 Å². The minimum absolute atomic E-state index is 0.0574. The molecule has 3 heteroatoms. The molecule has 1 aromatic rings. The van der Waals surface area contributed by atoms with Gasteiger partial charge in [-0.25, -0.2) is 0 Å². The molecule has 0 bridgehead atoms. The van der Waals surface area contributed by atoms with Crippen LogP contribution in [0.25, 0.3) is 0 Å². The predicted octanol–water partition coefficient (Wildman–Crippen LogP) is 6.70. The Morgan fingerprint density at radius 2 is 1.74 bits per heavy atom. The zero-order valence-electron chi connectivity index (χ0n) is 14.1. The van der Waals surface area contributed by atoms with Gasteiger partial charge in [0.2, 0.25) is 0 Å². The first-order chi connectivity index (χ1) is 11.2. The predicted molar refractivity (Wildman–Crippen MR) is 91.1 cm³/mol. The second kappa shape index (κ2) is 9.69. The van der Waals surface area contributed by atoms with E-state index in [1.807, 2.05) is 12.1 Å². The number of rotatable bonds is 8. The van der Waals surface area contributed by atoms with Crippen molar-refractivity contribution in [3.8, 4) is 5.75 Å². The lowest BCUT2D eigenvalue weighted by atomic mass is 9.79. The minimum Gasteiger partial charge on any atom is -0.494 e. The molecule has 1 saturated carbocycles. The number of hydrogen-bond donors (Lipinski definition) is 0. The summed E-state index contributed by atoms with van der Waals surface area (Å²) in [4.78, 5) is 0. The highest BCUT2D eigenvalue weighted by Gasteiger charge is 2.21. The molecule has 1 aromatic carbocycles. The van der Waals surface area contributed by atoms with Gasteiger partial charge in [-0.05, 0) is 67.7 Å². The highest BCUT2D eigenvalue weighted by molar-refractivity contribution is 5.29. The Morgan fingerprint density at radius 1 is 1.04 bits per heavy atom. The summed E-state index contributed by atoms with van der Waals surface area (Å²) in [5.41, 5.74) is 1.31. The van der Waals surface area contributed by atoms with Gasteiger partial charge in [0, 0.05) is 0 Å². The van der Waals surface area contributed by atoms with E-state index in [9.17, 15) is 8.78 Å². The lowest BCUT2D eigenvalue weighted by molar-refractivity contribution is 0.304. The zero-order chi connectivity index (χ0) is 16.5. The molecule has 23 heavy (non-hydrogen) atoms. The Hall–Kier alpha value is -1.38. The molecule has 1 nitrogen and oxygen atoms in total. The normalized spacial score (nSPS) is 21.0. The standard InChI is InChI=1S/C20H28F2O/c1-2-3-4-5-14-23-19-12-10-18(11-13-19)17-8-6-16(7-9-17)15-20(21)22/h10-13,15-17H,2-9,14H2,1H3/t16-,17-. The quantitative estimate of drug-likeness (QED) is 0.484. The monoisotopic (exact) mass is 322 g/mol. The summed E-state index contributed by atoms with van der Waals surface area (Å²) in [6.45, 7) is 2.99. The maximum Gasteiger partial charge on any atom is 0.266 e. The smallest absolute Gasteiger partial charge is 0.266 e. The third-order valence-corrected chi connectivity index (χ3v) is 4.75. The molecule has 1 aliphatic carbocycles. The van der Waals surface area contributed by atoms with Crippen LogP contribution < -0.4 is 4.74 Å². The first-order valence-electron chi connectivity index (χ1n) is 8.94. The fourth-order valence-corrected chi connectivity index (χ4v) is 3.35. The zero-order valence-corrected chi connectivity index (χ0v) is 14.1. The largest absolute Gasteiger partial charge is 0.494 e. The van der Waals surface area contributed by atoms with Crippen LogP contribution in [0.3, 0.4) is 0 Å². The molecule has 0 saturated heterocycles. The maximum atomic E-state index is 12.3. The SMILES string of the molecule is CCCCCCOc1ccc([C@H]2CC[C@H](C=C(F)F)CC2)cc1. The van der Waals surface area contributed by atoms with Crippen LogP contribution in [0.5, 0.6) is 5.75 Å². The third-order valence-electron chi connectivity index (χ3n) is 4.75. The number of unbranched alkanes of at least 4 members (excludes halogenated alkanes) is 3. The van der Waals surface area contributed by atoms with Gasteiger partial charge in [-0.1, -0.05) is 38.3 Å². The van der Waals surface area contributed by atoms with Crippen LogP contribution in [0.1, 0.15) is 69.8 Å². The molecule has 0 heterocycles. The van der Waals surface area contributed by atoms with E-state index < -0.39 is 6.08 Å². The van der Waals surface area contributed by atoms with Crippen molar-refractivity contribution in [3.63, 3.8) is 0 Å². The van der Waals surface area contributed by atoms with Crippen LogP contribution in [0, 0.1) is 5.92 Å². The van der Waals surface area contributed by atoms with Crippen molar-refractivity contribution < 1.29 is 13.5 Å². The van der Waals surface area contributed by atoms with Crippen LogP contribution >= 0.6 is 0 Å². The minimum atomic E-state index is -1.53. The summed E-state index contributed by atoms with van der Waals surface area (Å²) in [6, 6.07) is 8.36. The molecular formula is C20H28F2O. The summed E-state index contributed by atoms with van der Waals surface area (Å²) in [6.07, 6.45) is 8.15. The van der Waals surface area contributed by atoms with E-state index in [4.69, 9.17) is 4.74 Å². The van der Waals surface area contributed by atoms with Crippen molar-refractivity contribution in [2.45, 2.75) is 64.2 Å². The highest BCUT2D eigenvalue weighted by atomic mass is 19.3. The summed E-state index contributed by atoms with van der Waals surface area (Å²) < 4.78 is 30.4. The van der Waals surface area contributed by atoms with E-state index >= 15 is 0 Å². The van der Waals surface area contributed by atoms with E-state index in [0.717, 1.165) is 50.5 Å². The van der Waals surface area contributed by atoms with Crippen molar-refractivity contribution in [3.05, 3.63) is 42.0 Å². The second-order valence-electron chi connectivity index (χ2n) is 6.55. The van der Waals surface area contributed by atoms with E-state index in [-0.39, 0.29) is 5.92 Å². The third kappa shape index (κ3) is 6.32. The molecule has 0 amide bonds. The summed E-state index contributed by atoms with van der Waals surface area (Å²) in [7, 11) is 0. The fourth-order valence-electron chi connectivity index (χ4n) is 3.35. The Morgan fingerprint density at radius 3 is 2.35 bits per heavy atom. The number of allylic oxidation sites excluding steroid dienone is 1. The average molecular weight is 322 g/mol. The fraction of sp³-hybridized carbons (Fsp3) is 0.600. The molecule has 1 aliphatic rings. The average Bonchev–Trinajstić information content (AvgIpc) is 2.55. The van der Waals surface area contributed by atoms with Gasteiger partial charge in [0.25, 0.3) is 6.08 Å². The van der Waals surface area contributed by atoms with Crippen LogP contribution in [-0.4, -0.2) is 6.61 Å². The maximum absolute atomic E-state index is 12.3. The molecule has 0 radical (unpaired) electrons. The van der Waals surface area contributed by atoms with Gasteiger partial charge in [0.1, 0.15) is 5.75 Å². The molecule has 0 atom stereocenters. The molecule has 2 rings (SSSR count). The summed E-state index contributed by atoms with van der Waals surface area (Å²) in [5, 5.41) is 0. The Kier molecular flexibility index (Phi) is 7.57. The summed E-state index contributed by atoms with van der Waals surface area (Å²) >= 11 is 0. The molecule has 0 spiro atoms. The second-order valence-corrected chi connectivity index (χ2v) is 6.55. The van der Waals surface area contributed by atoms with Crippen molar-refractivity contribution in [2.75, 3.05) is 6.61 Å². The van der Waals surface area contributed by atoms with E-state index in [1.54, 1.807) is 0 Å². The van der Waals surface area contributed by atoms with E-state index in [2.05, 4.69) is 19.1 Å². The topological polar surface area (TPSA) is 9.23 Å². The number of benzene rings is 1. The Bertz CT molecular complexity index is 469. The first kappa shape index (κ1) is 18.0. The molecule has 128 valence electrons. The Balaban J connectivity index is 1.76. The molecule has 0 aromatic heterocycles. The van der Waals surface area contributed by atoms with Gasteiger partial charge in [-0.2, -0.15) is 8.78 Å². The van der Waals surface area contributed by atoms with Gasteiger partial charge < -0.3 is 4.74 Å². The lowest BCUT2D eigenvalue weighted by Gasteiger charge is -2.26. The molecule has 0 aliphatic heterocycles. The molecule has 0 N–H and O–H groups in total. The molecular weight excluding hydrogens is 294 g/mol. The molecule has 1 fully saturated rings. The first-order valence-corrected chi connectivity index (χ1v) is 8.94. The van der Waals surface area contributed by atoms with Crippen molar-refractivity contribution in [1.82, 2.24) is 0 Å². The van der Waals surface area contributed by atoms with Gasteiger partial charge in [-0.15, -0.1) is 0 Å². The van der Waals surface area contributed by atoms with E-state index in [0.29, 0.717) is 5.92 Å². The van der Waals surface area contributed by atoms with Crippen molar-refractivity contribution in [1.29, 1.82) is 0 Å². The van der Waals surface area contributed by atoms with E-state index in [1.165, 1.54) is 24.8 Å². The van der Waals surface area contributed by atoms with Gasteiger partial charge in [0.15, 0.2) is 0 Å². The van der Waals surface area contributed by atoms with Crippen molar-refractivity contribution in [2.24, 2.45) is 5.92 Å².